The monoisotopic (exact) mass is 407 g/mol. The Labute approximate surface area is 172 Å². The molecular weight excluding hydrogens is 389 g/mol. The lowest BCUT2D eigenvalue weighted by molar-refractivity contribution is 0.0729. The molecule has 0 saturated carbocycles. The van der Waals surface area contributed by atoms with Gasteiger partial charge in [0.1, 0.15) is 5.82 Å². The molecule has 0 atom stereocenters. The number of benzene rings is 3. The summed E-state index contributed by atoms with van der Waals surface area (Å²) in [5.74, 6) is -0.602. The lowest BCUT2D eigenvalue weighted by Crippen LogP contribution is -2.24. The van der Waals surface area contributed by atoms with Gasteiger partial charge in [0.05, 0.1) is 18.9 Å². The highest BCUT2D eigenvalue weighted by atomic mass is 19.1. The van der Waals surface area contributed by atoms with E-state index in [9.17, 15) is 14.0 Å². The molecule has 7 nitrogen and oxygen atoms in total. The van der Waals surface area contributed by atoms with Gasteiger partial charge in [-0.3, -0.25) is 0 Å². The smallest absolute Gasteiger partial charge is 0.343 e. The molecule has 3 aromatic rings. The van der Waals surface area contributed by atoms with Crippen molar-refractivity contribution in [3.8, 4) is 11.5 Å². The fraction of sp³-hybridized carbons (Fsp3) is 0.0455. The van der Waals surface area contributed by atoms with E-state index in [1.54, 1.807) is 36.4 Å². The standard InChI is InChI=1S/C22H18FN3O4/c1-29-20-13-15(14-24-26-22(28)25-18-5-3-2-4-6-18)7-12-19(20)30-21(27)16-8-10-17(23)11-9-16/h2-14H,1H3,(H2,25,26,28). The zero-order valence-electron chi connectivity index (χ0n) is 16.0. The van der Waals surface area contributed by atoms with E-state index < -0.39 is 17.8 Å². The lowest BCUT2D eigenvalue weighted by atomic mass is 10.2. The molecular formula is C22H18FN3O4. The second kappa shape index (κ2) is 9.83. The van der Waals surface area contributed by atoms with Crippen molar-refractivity contribution in [3.05, 3.63) is 89.7 Å². The topological polar surface area (TPSA) is 89.0 Å². The molecule has 0 radical (unpaired) electrons. The van der Waals surface area contributed by atoms with Gasteiger partial charge in [-0.25, -0.2) is 19.4 Å². The molecule has 0 unspecified atom stereocenters. The van der Waals surface area contributed by atoms with E-state index in [-0.39, 0.29) is 11.3 Å². The predicted octanol–water partition coefficient (Wildman–Crippen LogP) is 4.21. The Morgan fingerprint density at radius 3 is 2.40 bits per heavy atom. The predicted molar refractivity (Wildman–Crippen MR) is 111 cm³/mol. The molecule has 0 aliphatic rings. The van der Waals surface area contributed by atoms with Gasteiger partial charge in [-0.15, -0.1) is 0 Å². The number of anilines is 1. The first-order chi connectivity index (χ1) is 14.5. The normalized spacial score (nSPS) is 10.5. The summed E-state index contributed by atoms with van der Waals surface area (Å²) in [5, 5.41) is 6.50. The number of carbonyl (C=O) groups excluding carboxylic acids is 2. The number of hydrogen-bond donors (Lipinski definition) is 2. The molecule has 0 spiro atoms. The Hall–Kier alpha value is -4.20. The van der Waals surface area contributed by atoms with Gasteiger partial charge < -0.3 is 14.8 Å². The van der Waals surface area contributed by atoms with E-state index in [1.165, 1.54) is 43.7 Å². The Bertz CT molecular complexity index is 1050. The Balaban J connectivity index is 1.62. The quantitative estimate of drug-likeness (QED) is 0.277. The number of urea groups is 1. The number of esters is 1. The summed E-state index contributed by atoms with van der Waals surface area (Å²) in [6, 6.07) is 18.2. The summed E-state index contributed by atoms with van der Waals surface area (Å²) in [6.45, 7) is 0. The first-order valence-electron chi connectivity index (χ1n) is 8.86. The maximum absolute atomic E-state index is 13.0. The average Bonchev–Trinajstić information content (AvgIpc) is 2.75. The van der Waals surface area contributed by atoms with Crippen LogP contribution < -0.4 is 20.2 Å². The highest BCUT2D eigenvalue weighted by Crippen LogP contribution is 2.28. The first kappa shape index (κ1) is 20.5. The number of para-hydroxylation sites is 1. The van der Waals surface area contributed by atoms with Crippen molar-refractivity contribution < 1.29 is 23.5 Å². The Kier molecular flexibility index (Phi) is 6.73. The maximum atomic E-state index is 13.0. The summed E-state index contributed by atoms with van der Waals surface area (Å²) >= 11 is 0. The Morgan fingerprint density at radius 1 is 0.967 bits per heavy atom. The van der Waals surface area contributed by atoms with Crippen LogP contribution >= 0.6 is 0 Å². The minimum absolute atomic E-state index is 0.193. The van der Waals surface area contributed by atoms with E-state index in [0.717, 1.165) is 0 Å². The minimum Gasteiger partial charge on any atom is -0.493 e. The van der Waals surface area contributed by atoms with Crippen LogP contribution in [0.1, 0.15) is 15.9 Å². The van der Waals surface area contributed by atoms with Crippen LogP contribution in [0.3, 0.4) is 0 Å². The molecule has 152 valence electrons. The van der Waals surface area contributed by atoms with Gasteiger partial charge in [0, 0.05) is 5.69 Å². The molecule has 0 aliphatic heterocycles. The second-order valence-corrected chi connectivity index (χ2v) is 6.00. The summed E-state index contributed by atoms with van der Waals surface area (Å²) in [4.78, 5) is 24.0. The van der Waals surface area contributed by atoms with Gasteiger partial charge in [-0.2, -0.15) is 5.10 Å². The number of rotatable bonds is 6. The summed E-state index contributed by atoms with van der Waals surface area (Å²) in [6.07, 6.45) is 1.42. The number of carbonyl (C=O) groups is 2. The van der Waals surface area contributed by atoms with E-state index in [2.05, 4.69) is 15.8 Å². The molecule has 0 aliphatic carbocycles. The van der Waals surface area contributed by atoms with Crippen molar-refractivity contribution >= 4 is 23.9 Å². The van der Waals surface area contributed by atoms with Crippen molar-refractivity contribution in [2.45, 2.75) is 0 Å². The van der Waals surface area contributed by atoms with Gasteiger partial charge in [-0.1, -0.05) is 18.2 Å². The summed E-state index contributed by atoms with van der Waals surface area (Å²) < 4.78 is 23.6. The van der Waals surface area contributed by atoms with Gasteiger partial charge in [0.15, 0.2) is 11.5 Å². The molecule has 2 amide bonds. The van der Waals surface area contributed by atoms with Crippen LogP contribution in [0.2, 0.25) is 0 Å². The number of amides is 2. The van der Waals surface area contributed by atoms with Crippen molar-refractivity contribution in [1.82, 2.24) is 5.43 Å². The fourth-order valence-electron chi connectivity index (χ4n) is 2.44. The van der Waals surface area contributed by atoms with Crippen LogP contribution in [0.4, 0.5) is 14.9 Å². The van der Waals surface area contributed by atoms with Gasteiger partial charge >= 0.3 is 12.0 Å². The van der Waals surface area contributed by atoms with Crippen LogP contribution in [0.25, 0.3) is 0 Å². The van der Waals surface area contributed by atoms with Crippen molar-refractivity contribution in [1.29, 1.82) is 0 Å². The zero-order chi connectivity index (χ0) is 21.3. The van der Waals surface area contributed by atoms with Crippen molar-refractivity contribution in [2.75, 3.05) is 12.4 Å². The molecule has 3 rings (SSSR count). The largest absolute Gasteiger partial charge is 0.493 e. The molecule has 8 heteroatoms. The zero-order valence-corrected chi connectivity index (χ0v) is 16.0. The minimum atomic E-state index is -0.644. The molecule has 3 aromatic carbocycles. The number of hydrazone groups is 1. The number of methoxy groups -OCH3 is 1. The van der Waals surface area contributed by atoms with Crippen LogP contribution in [0, 0.1) is 5.82 Å². The molecule has 0 aromatic heterocycles. The van der Waals surface area contributed by atoms with Crippen LogP contribution in [0.15, 0.2) is 77.9 Å². The number of nitrogens with zero attached hydrogens (tertiary/aromatic N) is 1. The second-order valence-electron chi connectivity index (χ2n) is 6.00. The number of ether oxygens (including phenoxy) is 2. The van der Waals surface area contributed by atoms with Gasteiger partial charge in [0.25, 0.3) is 0 Å². The molecule has 0 fully saturated rings. The Morgan fingerprint density at radius 2 is 1.70 bits per heavy atom. The lowest BCUT2D eigenvalue weighted by Gasteiger charge is -2.10. The number of hydrogen-bond acceptors (Lipinski definition) is 5. The molecule has 0 saturated heterocycles. The van der Waals surface area contributed by atoms with Crippen LogP contribution in [-0.2, 0) is 0 Å². The average molecular weight is 407 g/mol. The number of halogens is 1. The van der Waals surface area contributed by atoms with Gasteiger partial charge in [0.2, 0.25) is 0 Å². The third kappa shape index (κ3) is 5.65. The third-order valence-corrected chi connectivity index (χ3v) is 3.88. The van der Waals surface area contributed by atoms with Crippen LogP contribution in [0.5, 0.6) is 11.5 Å². The van der Waals surface area contributed by atoms with Crippen LogP contribution in [-0.4, -0.2) is 25.3 Å². The highest BCUT2D eigenvalue weighted by Gasteiger charge is 2.13. The van der Waals surface area contributed by atoms with E-state index >= 15 is 0 Å². The van der Waals surface area contributed by atoms with E-state index in [0.29, 0.717) is 17.0 Å². The molecule has 2 N–H and O–H groups in total. The van der Waals surface area contributed by atoms with E-state index in [4.69, 9.17) is 9.47 Å². The molecule has 30 heavy (non-hydrogen) atoms. The molecule has 0 bridgehead atoms. The van der Waals surface area contributed by atoms with Gasteiger partial charge in [-0.05, 0) is 60.2 Å². The fourth-order valence-corrected chi connectivity index (χ4v) is 2.44. The van der Waals surface area contributed by atoms with Crippen molar-refractivity contribution in [3.63, 3.8) is 0 Å². The molecule has 0 heterocycles. The summed E-state index contributed by atoms with van der Waals surface area (Å²) in [7, 11) is 1.43. The summed E-state index contributed by atoms with van der Waals surface area (Å²) in [5.41, 5.74) is 3.80. The van der Waals surface area contributed by atoms with E-state index in [1.807, 2.05) is 6.07 Å². The van der Waals surface area contributed by atoms with Crippen molar-refractivity contribution in [2.24, 2.45) is 5.10 Å². The number of nitrogens with one attached hydrogen (secondary N) is 2. The highest BCUT2D eigenvalue weighted by molar-refractivity contribution is 5.92. The maximum Gasteiger partial charge on any atom is 0.343 e. The SMILES string of the molecule is COc1cc(C=NNC(=O)Nc2ccccc2)ccc1OC(=O)c1ccc(F)cc1. The first-order valence-corrected chi connectivity index (χ1v) is 8.86. The third-order valence-electron chi connectivity index (χ3n) is 3.88.